The van der Waals surface area contributed by atoms with E-state index in [0.29, 0.717) is 13.0 Å². The van der Waals surface area contributed by atoms with Crippen molar-refractivity contribution < 1.29 is 18.0 Å². The lowest BCUT2D eigenvalue weighted by Crippen LogP contribution is -2.36. The number of carbonyl (C=O) groups is 1. The zero-order valence-corrected chi connectivity index (χ0v) is 18.1. The number of halogens is 3. The molecule has 1 amide bonds. The summed E-state index contributed by atoms with van der Waals surface area (Å²) < 4.78 is 39.0. The zero-order valence-electron chi connectivity index (χ0n) is 18.1. The Labute approximate surface area is 186 Å². The molecule has 2 N–H and O–H groups in total. The minimum absolute atomic E-state index is 0.105. The van der Waals surface area contributed by atoms with Gasteiger partial charge in [-0.1, -0.05) is 72.3 Å². The molecule has 3 rings (SSSR count). The maximum atomic E-state index is 13.0. The van der Waals surface area contributed by atoms with E-state index in [0.717, 1.165) is 34.4 Å². The van der Waals surface area contributed by atoms with Gasteiger partial charge in [0.05, 0.1) is 5.56 Å². The number of hydrogen-bond acceptors (Lipinski definition) is 2. The first-order chi connectivity index (χ1) is 15.3. The normalized spacial score (nSPS) is 13.4. The van der Waals surface area contributed by atoms with Gasteiger partial charge in [-0.3, -0.25) is 4.79 Å². The average Bonchev–Trinajstić information content (AvgIpc) is 2.80. The number of amides is 1. The molecule has 0 aliphatic rings. The number of likely N-dealkylation sites (N-methyl/N-ethyl adjacent to an activating group) is 1. The molecule has 0 unspecified atom stereocenters. The third-order valence-electron chi connectivity index (χ3n) is 5.54. The summed E-state index contributed by atoms with van der Waals surface area (Å²) in [5.74, 6) is -0.246. The van der Waals surface area contributed by atoms with Crippen LogP contribution in [0.25, 0.3) is 0 Å². The lowest BCUT2D eigenvalue weighted by atomic mass is 9.87. The van der Waals surface area contributed by atoms with Crippen molar-refractivity contribution in [2.75, 3.05) is 13.6 Å². The number of nitrogens with one attached hydrogen (secondary N) is 2. The van der Waals surface area contributed by atoms with E-state index in [9.17, 15) is 18.0 Å². The van der Waals surface area contributed by atoms with E-state index in [4.69, 9.17) is 0 Å². The first-order valence-electron chi connectivity index (χ1n) is 10.5. The van der Waals surface area contributed by atoms with E-state index in [-0.39, 0.29) is 11.8 Å². The van der Waals surface area contributed by atoms with Gasteiger partial charge < -0.3 is 10.6 Å². The van der Waals surface area contributed by atoms with Crippen LogP contribution in [0.15, 0.2) is 78.9 Å². The van der Waals surface area contributed by atoms with Crippen molar-refractivity contribution in [3.05, 3.63) is 107 Å². The molecule has 2 atom stereocenters. The minimum atomic E-state index is -4.37. The summed E-state index contributed by atoms with van der Waals surface area (Å²) in [7, 11) is 1.59. The smallest absolute Gasteiger partial charge is 0.358 e. The molecule has 0 fully saturated rings. The first kappa shape index (κ1) is 23.5. The van der Waals surface area contributed by atoms with Crippen LogP contribution in [0.3, 0.4) is 0 Å². The highest BCUT2D eigenvalue weighted by Gasteiger charge is 2.30. The van der Waals surface area contributed by atoms with Crippen LogP contribution >= 0.6 is 0 Å². The maximum absolute atomic E-state index is 13.0. The van der Waals surface area contributed by atoms with Gasteiger partial charge in [-0.15, -0.1) is 0 Å². The maximum Gasteiger partial charge on any atom is 0.416 e. The largest absolute Gasteiger partial charge is 0.416 e. The summed E-state index contributed by atoms with van der Waals surface area (Å²) in [5, 5.41) is 6.00. The van der Waals surface area contributed by atoms with Gasteiger partial charge in [0.25, 0.3) is 0 Å². The molecule has 6 heteroatoms. The molecular formula is C26H27F3N2O. The Morgan fingerprint density at radius 3 is 1.94 bits per heavy atom. The second kappa shape index (κ2) is 10.5. The Kier molecular flexibility index (Phi) is 7.70. The van der Waals surface area contributed by atoms with Crippen molar-refractivity contribution in [2.24, 2.45) is 0 Å². The third kappa shape index (κ3) is 5.98. The fourth-order valence-corrected chi connectivity index (χ4v) is 3.75. The van der Waals surface area contributed by atoms with Gasteiger partial charge in [0.1, 0.15) is 6.04 Å². The van der Waals surface area contributed by atoms with Gasteiger partial charge in [0.2, 0.25) is 5.91 Å². The molecule has 0 aliphatic heterocycles. The standard InChI is InChI=1S/C26H27F3N2O/c1-18-8-10-19(11-9-18)23(20-12-14-22(15-13-20)26(27,28)29)16-17-31-24(25(32)30-2)21-6-4-3-5-7-21/h3-15,23-24,31H,16-17H2,1-2H3,(H,30,32)/t23-,24+/m0/s1. The molecule has 0 bridgehead atoms. The molecule has 0 saturated heterocycles. The molecular weight excluding hydrogens is 413 g/mol. The van der Waals surface area contributed by atoms with Crippen LogP contribution in [0.2, 0.25) is 0 Å². The van der Waals surface area contributed by atoms with Crippen LogP contribution in [0, 0.1) is 6.92 Å². The predicted octanol–water partition coefficient (Wildman–Crippen LogP) is 5.61. The van der Waals surface area contributed by atoms with Crippen LogP contribution in [-0.4, -0.2) is 19.5 Å². The van der Waals surface area contributed by atoms with Crippen molar-refractivity contribution in [3.63, 3.8) is 0 Å². The van der Waals surface area contributed by atoms with E-state index >= 15 is 0 Å². The van der Waals surface area contributed by atoms with Crippen LogP contribution in [0.4, 0.5) is 13.2 Å². The van der Waals surface area contributed by atoms with Crippen LogP contribution in [0.1, 0.15) is 46.2 Å². The number of aryl methyl sites for hydroxylation is 1. The number of carbonyl (C=O) groups excluding carboxylic acids is 1. The fourth-order valence-electron chi connectivity index (χ4n) is 3.75. The molecule has 0 heterocycles. The summed E-state index contributed by atoms with van der Waals surface area (Å²) in [5.41, 5.74) is 3.13. The van der Waals surface area contributed by atoms with Gasteiger partial charge in [-0.05, 0) is 48.7 Å². The number of benzene rings is 3. The van der Waals surface area contributed by atoms with E-state index in [1.54, 1.807) is 19.2 Å². The molecule has 0 radical (unpaired) electrons. The van der Waals surface area contributed by atoms with E-state index < -0.39 is 17.8 Å². The number of rotatable bonds is 8. The van der Waals surface area contributed by atoms with Crippen LogP contribution < -0.4 is 10.6 Å². The number of hydrogen-bond donors (Lipinski definition) is 2. The monoisotopic (exact) mass is 440 g/mol. The molecule has 0 spiro atoms. The van der Waals surface area contributed by atoms with Gasteiger partial charge in [0, 0.05) is 13.0 Å². The molecule has 32 heavy (non-hydrogen) atoms. The summed E-state index contributed by atoms with van der Waals surface area (Å²) in [4.78, 5) is 12.4. The van der Waals surface area contributed by atoms with Crippen molar-refractivity contribution >= 4 is 5.91 Å². The number of alkyl halides is 3. The highest BCUT2D eigenvalue weighted by atomic mass is 19.4. The predicted molar refractivity (Wildman–Crippen MR) is 120 cm³/mol. The van der Waals surface area contributed by atoms with E-state index in [1.807, 2.05) is 61.5 Å². The molecule has 0 aliphatic carbocycles. The Morgan fingerprint density at radius 1 is 0.844 bits per heavy atom. The molecule has 168 valence electrons. The first-order valence-corrected chi connectivity index (χ1v) is 10.5. The van der Waals surface area contributed by atoms with E-state index in [1.165, 1.54) is 0 Å². The van der Waals surface area contributed by atoms with Crippen LogP contribution in [-0.2, 0) is 11.0 Å². The highest BCUT2D eigenvalue weighted by molar-refractivity contribution is 5.82. The summed E-state index contributed by atoms with van der Waals surface area (Å²) in [6, 6.07) is 22.3. The highest BCUT2D eigenvalue weighted by Crippen LogP contribution is 2.33. The summed E-state index contributed by atoms with van der Waals surface area (Å²) in [6.07, 6.45) is -3.75. The lowest BCUT2D eigenvalue weighted by molar-refractivity contribution is -0.137. The Balaban J connectivity index is 1.81. The van der Waals surface area contributed by atoms with Crippen molar-refractivity contribution in [1.82, 2.24) is 10.6 Å². The van der Waals surface area contributed by atoms with Crippen molar-refractivity contribution in [3.8, 4) is 0 Å². The van der Waals surface area contributed by atoms with Crippen molar-refractivity contribution in [2.45, 2.75) is 31.5 Å². The Bertz CT molecular complexity index is 1000. The quantitative estimate of drug-likeness (QED) is 0.478. The lowest BCUT2D eigenvalue weighted by Gasteiger charge is -2.22. The fraction of sp³-hybridized carbons (Fsp3) is 0.269. The molecule has 0 aromatic heterocycles. The van der Waals surface area contributed by atoms with Crippen LogP contribution in [0.5, 0.6) is 0 Å². The average molecular weight is 441 g/mol. The minimum Gasteiger partial charge on any atom is -0.358 e. The third-order valence-corrected chi connectivity index (χ3v) is 5.54. The molecule has 3 aromatic carbocycles. The van der Waals surface area contributed by atoms with Gasteiger partial charge in [-0.2, -0.15) is 13.2 Å². The zero-order chi connectivity index (χ0) is 23.1. The summed E-state index contributed by atoms with van der Waals surface area (Å²) in [6.45, 7) is 2.50. The Morgan fingerprint density at radius 2 is 1.41 bits per heavy atom. The second-order valence-corrected chi connectivity index (χ2v) is 7.78. The van der Waals surface area contributed by atoms with Gasteiger partial charge in [-0.25, -0.2) is 0 Å². The molecule has 0 saturated carbocycles. The molecule has 3 aromatic rings. The van der Waals surface area contributed by atoms with E-state index in [2.05, 4.69) is 10.6 Å². The summed E-state index contributed by atoms with van der Waals surface area (Å²) >= 11 is 0. The Hall–Kier alpha value is -3.12. The van der Waals surface area contributed by atoms with Crippen molar-refractivity contribution in [1.29, 1.82) is 0 Å². The second-order valence-electron chi connectivity index (χ2n) is 7.78. The SMILES string of the molecule is CNC(=O)[C@H](NCC[C@@H](c1ccc(C)cc1)c1ccc(C(F)(F)F)cc1)c1ccccc1. The molecule has 3 nitrogen and oxygen atoms in total. The topological polar surface area (TPSA) is 41.1 Å². The van der Waals surface area contributed by atoms with Gasteiger partial charge in [0.15, 0.2) is 0 Å². The van der Waals surface area contributed by atoms with Gasteiger partial charge >= 0.3 is 6.18 Å².